The van der Waals surface area contributed by atoms with Crippen molar-refractivity contribution in [3.63, 3.8) is 0 Å². The normalized spacial score (nSPS) is 33.9. The third-order valence-corrected chi connectivity index (χ3v) is 6.25. The highest BCUT2D eigenvalue weighted by Crippen LogP contribution is 2.49. The summed E-state index contributed by atoms with van der Waals surface area (Å²) in [4.78, 5) is 11.4. The Morgan fingerprint density at radius 1 is 1.38 bits per heavy atom. The molecule has 140 valence electrons. The van der Waals surface area contributed by atoms with Gasteiger partial charge in [-0.15, -0.1) is 0 Å². The quantitative estimate of drug-likeness (QED) is 0.689. The highest BCUT2D eigenvalue weighted by Gasteiger charge is 2.55. The van der Waals surface area contributed by atoms with Gasteiger partial charge in [0.1, 0.15) is 6.10 Å². The molecule has 1 N–H and O–H groups in total. The fourth-order valence-electron chi connectivity index (χ4n) is 4.45. The van der Waals surface area contributed by atoms with Crippen LogP contribution in [0, 0.1) is 23.2 Å². The molecule has 1 heterocycles. The van der Waals surface area contributed by atoms with Crippen LogP contribution in [0.4, 0.5) is 13.2 Å². The van der Waals surface area contributed by atoms with Crippen molar-refractivity contribution < 1.29 is 27.8 Å². The Balaban J connectivity index is 1.99. The minimum atomic E-state index is -4.42. The van der Waals surface area contributed by atoms with E-state index in [1.807, 2.05) is 6.92 Å². The summed E-state index contributed by atoms with van der Waals surface area (Å²) >= 11 is 0. The number of hydrogen-bond donors (Lipinski definition) is 1. The van der Waals surface area contributed by atoms with Crippen molar-refractivity contribution in [2.45, 2.75) is 84.1 Å². The van der Waals surface area contributed by atoms with Gasteiger partial charge in [0.15, 0.2) is 0 Å². The number of halogens is 3. The SMILES string of the molecule is CCCC[C@](C)([C@H](O)CC[C@H]1[C@H]2CC(=O)O[C@H]2C[C@H]1C)C(F)(F)F. The standard InChI is InChI=1S/C18H29F3O3/c1-4-5-8-17(3,18(19,20)21)15(22)7-6-12-11(2)9-14-13(12)10-16(23)24-14/h11-15,22H,4-10H2,1-3H3/t11-,12-,13-,14+,15-,17-/m1/s1. The topological polar surface area (TPSA) is 46.5 Å². The minimum Gasteiger partial charge on any atom is -0.462 e. The van der Waals surface area contributed by atoms with E-state index < -0.39 is 17.7 Å². The summed E-state index contributed by atoms with van der Waals surface area (Å²) in [5.74, 6) is 0.367. The van der Waals surface area contributed by atoms with Crippen LogP contribution in [0.1, 0.15) is 65.7 Å². The molecule has 24 heavy (non-hydrogen) atoms. The van der Waals surface area contributed by atoms with Gasteiger partial charge in [0.2, 0.25) is 0 Å². The monoisotopic (exact) mass is 350 g/mol. The maximum absolute atomic E-state index is 13.5. The number of fused-ring (bicyclic) bond motifs is 1. The van der Waals surface area contributed by atoms with Crippen molar-refractivity contribution in [2.24, 2.45) is 23.2 Å². The number of aliphatic hydroxyl groups excluding tert-OH is 1. The molecular weight excluding hydrogens is 321 g/mol. The molecule has 2 aliphatic rings. The zero-order chi connectivity index (χ0) is 18.1. The predicted molar refractivity (Wildman–Crippen MR) is 84.2 cm³/mol. The van der Waals surface area contributed by atoms with Gasteiger partial charge < -0.3 is 9.84 Å². The van der Waals surface area contributed by atoms with Crippen molar-refractivity contribution >= 4 is 5.97 Å². The molecular formula is C18H29F3O3. The molecule has 6 atom stereocenters. The van der Waals surface area contributed by atoms with Crippen LogP contribution in [-0.4, -0.2) is 29.5 Å². The van der Waals surface area contributed by atoms with Crippen molar-refractivity contribution in [1.29, 1.82) is 0 Å². The van der Waals surface area contributed by atoms with Crippen LogP contribution in [0.2, 0.25) is 0 Å². The maximum Gasteiger partial charge on any atom is 0.396 e. The second-order valence-corrected chi connectivity index (χ2v) is 7.89. The third kappa shape index (κ3) is 3.73. The first kappa shape index (κ1) is 19.5. The van der Waals surface area contributed by atoms with E-state index in [2.05, 4.69) is 6.92 Å². The Morgan fingerprint density at radius 2 is 2.04 bits per heavy atom. The van der Waals surface area contributed by atoms with Crippen LogP contribution in [-0.2, 0) is 9.53 Å². The minimum absolute atomic E-state index is 0.0535. The second-order valence-electron chi connectivity index (χ2n) is 7.89. The molecule has 0 unspecified atom stereocenters. The van der Waals surface area contributed by atoms with Gasteiger partial charge in [-0.2, -0.15) is 13.2 Å². The number of esters is 1. The first-order chi connectivity index (χ1) is 11.1. The Morgan fingerprint density at radius 3 is 2.62 bits per heavy atom. The summed E-state index contributed by atoms with van der Waals surface area (Å²) in [6.07, 6.45) is -3.08. The highest BCUT2D eigenvalue weighted by atomic mass is 19.4. The Hall–Kier alpha value is -0.780. The van der Waals surface area contributed by atoms with E-state index in [1.54, 1.807) is 0 Å². The fourth-order valence-corrected chi connectivity index (χ4v) is 4.45. The molecule has 2 fully saturated rings. The number of unbranched alkanes of at least 4 members (excludes halogenated alkanes) is 1. The van der Waals surface area contributed by atoms with E-state index in [4.69, 9.17) is 4.74 Å². The first-order valence-electron chi connectivity index (χ1n) is 9.04. The molecule has 3 nitrogen and oxygen atoms in total. The lowest BCUT2D eigenvalue weighted by Gasteiger charge is -2.37. The summed E-state index contributed by atoms with van der Waals surface area (Å²) in [7, 11) is 0. The van der Waals surface area contributed by atoms with Gasteiger partial charge in [0.25, 0.3) is 0 Å². The van der Waals surface area contributed by atoms with E-state index in [1.165, 1.54) is 0 Å². The van der Waals surface area contributed by atoms with Crippen molar-refractivity contribution in [3.8, 4) is 0 Å². The molecule has 1 saturated heterocycles. The molecule has 6 heteroatoms. The second kappa shape index (κ2) is 7.22. The lowest BCUT2D eigenvalue weighted by molar-refractivity contribution is -0.252. The smallest absolute Gasteiger partial charge is 0.396 e. The van der Waals surface area contributed by atoms with Crippen LogP contribution in [0.3, 0.4) is 0 Å². The first-order valence-corrected chi connectivity index (χ1v) is 9.04. The lowest BCUT2D eigenvalue weighted by atomic mass is 9.75. The van der Waals surface area contributed by atoms with Crippen molar-refractivity contribution in [1.82, 2.24) is 0 Å². The van der Waals surface area contributed by atoms with Gasteiger partial charge in [-0.05, 0) is 44.4 Å². The van der Waals surface area contributed by atoms with Crippen LogP contribution in [0.5, 0.6) is 0 Å². The third-order valence-electron chi connectivity index (χ3n) is 6.25. The summed E-state index contributed by atoms with van der Waals surface area (Å²) in [5, 5.41) is 10.4. The zero-order valence-electron chi connectivity index (χ0n) is 14.7. The van der Waals surface area contributed by atoms with Gasteiger partial charge >= 0.3 is 12.1 Å². The van der Waals surface area contributed by atoms with Gasteiger partial charge in [0.05, 0.1) is 17.9 Å². The molecule has 1 aliphatic heterocycles. The van der Waals surface area contributed by atoms with Crippen LogP contribution < -0.4 is 0 Å². The molecule has 0 spiro atoms. The zero-order valence-corrected chi connectivity index (χ0v) is 14.7. The maximum atomic E-state index is 13.5. The van der Waals surface area contributed by atoms with Crippen LogP contribution in [0.25, 0.3) is 0 Å². The molecule has 0 radical (unpaired) electrons. The van der Waals surface area contributed by atoms with Crippen LogP contribution in [0.15, 0.2) is 0 Å². The molecule has 0 amide bonds. The van der Waals surface area contributed by atoms with E-state index in [9.17, 15) is 23.1 Å². The van der Waals surface area contributed by atoms with E-state index in [0.717, 1.165) is 13.3 Å². The van der Waals surface area contributed by atoms with E-state index >= 15 is 0 Å². The highest BCUT2D eigenvalue weighted by molar-refractivity contribution is 5.72. The largest absolute Gasteiger partial charge is 0.462 e. The number of ether oxygens (including phenoxy) is 1. The van der Waals surface area contributed by atoms with Crippen molar-refractivity contribution in [3.05, 3.63) is 0 Å². The number of carbonyl (C=O) groups excluding carboxylic acids is 1. The van der Waals surface area contributed by atoms with E-state index in [0.29, 0.717) is 31.6 Å². The lowest BCUT2D eigenvalue weighted by Crippen LogP contribution is -2.45. The number of carbonyl (C=O) groups is 1. The molecule has 0 aromatic carbocycles. The van der Waals surface area contributed by atoms with E-state index in [-0.39, 0.29) is 36.8 Å². The summed E-state index contributed by atoms with van der Waals surface area (Å²) in [6.45, 7) is 5.04. The number of rotatable bonds is 7. The Bertz CT molecular complexity index is 451. The fraction of sp³-hybridized carbons (Fsp3) is 0.944. The summed E-state index contributed by atoms with van der Waals surface area (Å²) < 4.78 is 45.8. The average Bonchev–Trinajstić information content (AvgIpc) is 2.96. The molecule has 1 saturated carbocycles. The Labute approximate surface area is 141 Å². The van der Waals surface area contributed by atoms with Gasteiger partial charge in [-0.1, -0.05) is 26.7 Å². The summed E-state index contributed by atoms with van der Waals surface area (Å²) in [5.41, 5.74) is -2.06. The number of alkyl halides is 3. The van der Waals surface area contributed by atoms with Gasteiger partial charge in [-0.25, -0.2) is 0 Å². The van der Waals surface area contributed by atoms with Crippen molar-refractivity contribution in [2.75, 3.05) is 0 Å². The number of aliphatic hydroxyl groups is 1. The molecule has 0 aromatic heterocycles. The average molecular weight is 350 g/mol. The molecule has 1 aliphatic carbocycles. The molecule has 2 rings (SSSR count). The molecule has 0 bridgehead atoms. The summed E-state index contributed by atoms with van der Waals surface area (Å²) in [6, 6.07) is 0. The number of hydrogen-bond acceptors (Lipinski definition) is 3. The van der Waals surface area contributed by atoms with Gasteiger partial charge in [-0.3, -0.25) is 4.79 Å². The van der Waals surface area contributed by atoms with Gasteiger partial charge in [0, 0.05) is 5.92 Å². The predicted octanol–water partition coefficient (Wildman–Crippen LogP) is 4.47. The van der Waals surface area contributed by atoms with Crippen LogP contribution >= 0.6 is 0 Å². The molecule has 0 aromatic rings. The Kier molecular flexibility index (Phi) is 5.88.